The number of ether oxygens (including phenoxy) is 4. The Morgan fingerprint density at radius 1 is 0.905 bits per heavy atom. The van der Waals surface area contributed by atoms with E-state index in [2.05, 4.69) is 34.6 Å². The molecule has 0 bridgehead atoms. The van der Waals surface area contributed by atoms with Gasteiger partial charge in [-0.3, -0.25) is 0 Å². The van der Waals surface area contributed by atoms with Crippen LogP contribution in [-0.2, 0) is 18.9 Å². The van der Waals surface area contributed by atoms with Crippen LogP contribution in [0.25, 0.3) is 0 Å². The molecule has 0 saturated carbocycles. The lowest BCUT2D eigenvalue weighted by molar-refractivity contribution is -0.262. The van der Waals surface area contributed by atoms with Gasteiger partial charge in [0.2, 0.25) is 0 Å². The molecule has 2 aliphatic rings. The van der Waals surface area contributed by atoms with Crippen molar-refractivity contribution in [3.8, 4) is 0 Å². The van der Waals surface area contributed by atoms with E-state index in [0.29, 0.717) is 18.4 Å². The maximum Gasteiger partial charge on any atom is 0.158 e. The van der Waals surface area contributed by atoms with Crippen molar-refractivity contribution in [2.45, 2.75) is 84.6 Å². The summed E-state index contributed by atoms with van der Waals surface area (Å²) in [6.45, 7) is 12.1. The Hall–Kier alpha value is -0.160. The Morgan fingerprint density at radius 3 is 2.05 bits per heavy atom. The van der Waals surface area contributed by atoms with E-state index >= 15 is 0 Å². The number of hydrogen-bond donors (Lipinski definition) is 0. The van der Waals surface area contributed by atoms with Gasteiger partial charge in [0.15, 0.2) is 12.6 Å². The third-order valence-corrected chi connectivity index (χ3v) is 4.23. The predicted octanol–water partition coefficient (Wildman–Crippen LogP) is 3.73. The number of hydrogen-bond acceptors (Lipinski definition) is 4. The quantitative estimate of drug-likeness (QED) is 0.792. The maximum atomic E-state index is 6.04. The molecule has 0 aromatic heterocycles. The first-order chi connectivity index (χ1) is 9.83. The highest BCUT2D eigenvalue weighted by atomic mass is 16.7. The molecular weight excluding hydrogens is 268 g/mol. The van der Waals surface area contributed by atoms with Gasteiger partial charge in [0.1, 0.15) is 0 Å². The molecule has 21 heavy (non-hydrogen) atoms. The van der Waals surface area contributed by atoms with Gasteiger partial charge in [0, 0.05) is 6.42 Å². The maximum absolute atomic E-state index is 6.04. The summed E-state index contributed by atoms with van der Waals surface area (Å²) in [5.41, 5.74) is -0.156. The third kappa shape index (κ3) is 5.85. The fraction of sp³-hybridized carbons (Fsp3) is 1.00. The molecule has 2 aliphatic heterocycles. The lowest BCUT2D eigenvalue weighted by Crippen LogP contribution is -2.40. The summed E-state index contributed by atoms with van der Waals surface area (Å²) in [4.78, 5) is 0. The highest BCUT2D eigenvalue weighted by Gasteiger charge is 2.30. The Morgan fingerprint density at radius 2 is 1.57 bits per heavy atom. The summed E-state index contributed by atoms with van der Waals surface area (Å²) in [6, 6.07) is 0. The summed E-state index contributed by atoms with van der Waals surface area (Å²) in [7, 11) is 0. The molecule has 2 rings (SSSR count). The number of rotatable bonds is 4. The zero-order valence-electron chi connectivity index (χ0n) is 14.3. The van der Waals surface area contributed by atoms with Crippen LogP contribution in [0.1, 0.15) is 60.3 Å². The molecule has 0 radical (unpaired) electrons. The van der Waals surface area contributed by atoms with Gasteiger partial charge in [-0.05, 0) is 51.9 Å². The fourth-order valence-electron chi connectivity index (χ4n) is 2.89. The van der Waals surface area contributed by atoms with Crippen LogP contribution in [0.15, 0.2) is 0 Å². The van der Waals surface area contributed by atoms with Crippen molar-refractivity contribution in [3.63, 3.8) is 0 Å². The van der Waals surface area contributed by atoms with Crippen molar-refractivity contribution in [2.75, 3.05) is 13.2 Å². The van der Waals surface area contributed by atoms with Gasteiger partial charge in [0.05, 0.1) is 24.9 Å². The molecule has 4 nitrogen and oxygen atoms in total. The molecule has 4 heteroatoms. The highest BCUT2D eigenvalue weighted by Crippen LogP contribution is 2.28. The first-order valence-electron chi connectivity index (χ1n) is 8.40. The predicted molar refractivity (Wildman–Crippen MR) is 82.0 cm³/mol. The van der Waals surface area contributed by atoms with Crippen LogP contribution in [0.4, 0.5) is 0 Å². The first-order valence-corrected chi connectivity index (χ1v) is 8.40. The summed E-state index contributed by atoms with van der Waals surface area (Å²) >= 11 is 0. The minimum absolute atomic E-state index is 0.0475. The van der Waals surface area contributed by atoms with Crippen LogP contribution in [0.3, 0.4) is 0 Å². The molecule has 2 heterocycles. The van der Waals surface area contributed by atoms with Crippen molar-refractivity contribution in [2.24, 2.45) is 11.8 Å². The summed E-state index contributed by atoms with van der Waals surface area (Å²) < 4.78 is 23.5. The van der Waals surface area contributed by atoms with Crippen molar-refractivity contribution in [1.82, 2.24) is 0 Å². The highest BCUT2D eigenvalue weighted by molar-refractivity contribution is 4.72. The van der Waals surface area contributed by atoms with E-state index in [-0.39, 0.29) is 24.3 Å². The van der Waals surface area contributed by atoms with Crippen LogP contribution in [0.2, 0.25) is 0 Å². The molecule has 0 spiro atoms. The van der Waals surface area contributed by atoms with Crippen molar-refractivity contribution in [1.29, 1.82) is 0 Å². The zero-order chi connectivity index (χ0) is 15.5. The van der Waals surface area contributed by atoms with Gasteiger partial charge < -0.3 is 18.9 Å². The summed E-state index contributed by atoms with van der Waals surface area (Å²) in [5.74, 6) is 1.37. The molecule has 2 fully saturated rings. The average molecular weight is 300 g/mol. The molecule has 124 valence electrons. The smallest absolute Gasteiger partial charge is 0.158 e. The van der Waals surface area contributed by atoms with E-state index in [1.807, 2.05) is 0 Å². The van der Waals surface area contributed by atoms with E-state index < -0.39 is 0 Å². The second kappa shape index (κ2) is 7.40. The topological polar surface area (TPSA) is 36.9 Å². The molecule has 0 amide bonds. The Balaban J connectivity index is 1.65. The molecule has 0 aromatic rings. The average Bonchev–Trinajstić information content (AvgIpc) is 2.40. The zero-order valence-corrected chi connectivity index (χ0v) is 14.3. The second-order valence-corrected chi connectivity index (χ2v) is 7.67. The SMILES string of the molecule is CC(C)C1CCC(OC2CCC(OC(C)(C)C)OC2)OC1. The van der Waals surface area contributed by atoms with Gasteiger partial charge >= 0.3 is 0 Å². The van der Waals surface area contributed by atoms with E-state index in [1.54, 1.807) is 0 Å². The van der Waals surface area contributed by atoms with Crippen LogP contribution < -0.4 is 0 Å². The molecule has 0 aliphatic carbocycles. The van der Waals surface area contributed by atoms with Crippen molar-refractivity contribution in [3.05, 3.63) is 0 Å². The van der Waals surface area contributed by atoms with Crippen LogP contribution >= 0.6 is 0 Å². The van der Waals surface area contributed by atoms with Gasteiger partial charge in [-0.2, -0.15) is 0 Å². The Kier molecular flexibility index (Phi) is 6.06. The second-order valence-electron chi connectivity index (χ2n) is 7.67. The lowest BCUT2D eigenvalue weighted by Gasteiger charge is -2.36. The Bertz CT molecular complexity index is 294. The lowest BCUT2D eigenvalue weighted by atomic mass is 9.90. The van der Waals surface area contributed by atoms with E-state index in [9.17, 15) is 0 Å². The standard InChI is InChI=1S/C17H32O4/c1-12(2)13-6-8-15(18-10-13)20-14-7-9-16(19-11-14)21-17(3,4)5/h12-16H,6-11H2,1-5H3. The van der Waals surface area contributed by atoms with Crippen LogP contribution in [-0.4, -0.2) is 37.5 Å². The molecule has 0 aromatic carbocycles. The summed E-state index contributed by atoms with van der Waals surface area (Å²) in [5, 5.41) is 0. The van der Waals surface area contributed by atoms with E-state index in [1.165, 1.54) is 6.42 Å². The van der Waals surface area contributed by atoms with Gasteiger partial charge in [-0.1, -0.05) is 13.8 Å². The van der Waals surface area contributed by atoms with Gasteiger partial charge in [0.25, 0.3) is 0 Å². The minimum atomic E-state index is -0.156. The first kappa shape index (κ1) is 17.2. The van der Waals surface area contributed by atoms with Gasteiger partial charge in [-0.25, -0.2) is 0 Å². The normalized spacial score (nSPS) is 35.1. The minimum Gasteiger partial charge on any atom is -0.352 e. The molecular formula is C17H32O4. The fourth-order valence-corrected chi connectivity index (χ4v) is 2.89. The van der Waals surface area contributed by atoms with Crippen molar-refractivity contribution < 1.29 is 18.9 Å². The third-order valence-electron chi connectivity index (χ3n) is 4.23. The molecule has 0 N–H and O–H groups in total. The van der Waals surface area contributed by atoms with E-state index in [0.717, 1.165) is 25.9 Å². The van der Waals surface area contributed by atoms with E-state index in [4.69, 9.17) is 18.9 Å². The van der Waals surface area contributed by atoms with Crippen LogP contribution in [0, 0.1) is 11.8 Å². The molecule has 4 atom stereocenters. The molecule has 4 unspecified atom stereocenters. The monoisotopic (exact) mass is 300 g/mol. The van der Waals surface area contributed by atoms with Gasteiger partial charge in [-0.15, -0.1) is 0 Å². The summed E-state index contributed by atoms with van der Waals surface area (Å²) in [6.07, 6.45) is 4.08. The molecule has 2 saturated heterocycles. The Labute approximate surface area is 129 Å². The largest absolute Gasteiger partial charge is 0.352 e. The van der Waals surface area contributed by atoms with Crippen molar-refractivity contribution >= 4 is 0 Å². The van der Waals surface area contributed by atoms with Crippen LogP contribution in [0.5, 0.6) is 0 Å².